The summed E-state index contributed by atoms with van der Waals surface area (Å²) in [6.45, 7) is 4.11. The van der Waals surface area contributed by atoms with Crippen LogP contribution in [0.5, 0.6) is 0 Å². The van der Waals surface area contributed by atoms with E-state index in [2.05, 4.69) is 24.4 Å². The molecule has 0 saturated heterocycles. The molecule has 2 aromatic carbocycles. The van der Waals surface area contributed by atoms with Crippen molar-refractivity contribution in [3.05, 3.63) is 71.3 Å². The van der Waals surface area contributed by atoms with Gasteiger partial charge in [-0.2, -0.15) is 0 Å². The summed E-state index contributed by atoms with van der Waals surface area (Å²) >= 11 is 0. The predicted molar refractivity (Wildman–Crippen MR) is 81.1 cm³/mol. The molecule has 0 fully saturated rings. The fourth-order valence-electron chi connectivity index (χ4n) is 2.40. The van der Waals surface area contributed by atoms with E-state index in [0.717, 1.165) is 5.56 Å². The Morgan fingerprint density at radius 2 is 1.65 bits per heavy atom. The average Bonchev–Trinajstić information content (AvgIpc) is 2.45. The topological polar surface area (TPSA) is 55.1 Å². The molecule has 104 valence electrons. The van der Waals surface area contributed by atoms with E-state index in [1.54, 1.807) is 0 Å². The SMILES string of the molecule is Cc1ccccc1[C@H](C)N[C@@H](C(N)=O)c1ccccc1. The van der Waals surface area contributed by atoms with Gasteiger partial charge in [0.15, 0.2) is 0 Å². The number of nitrogens with one attached hydrogen (secondary N) is 1. The van der Waals surface area contributed by atoms with Crippen molar-refractivity contribution in [2.75, 3.05) is 0 Å². The molecule has 0 aliphatic heterocycles. The van der Waals surface area contributed by atoms with Crippen molar-refractivity contribution in [2.24, 2.45) is 5.73 Å². The summed E-state index contributed by atoms with van der Waals surface area (Å²) in [5.74, 6) is -0.364. The number of carbonyl (C=O) groups excluding carboxylic acids is 1. The van der Waals surface area contributed by atoms with Crippen LogP contribution in [0.25, 0.3) is 0 Å². The first-order valence-corrected chi connectivity index (χ1v) is 6.75. The predicted octanol–water partition coefficient (Wildman–Crippen LogP) is 2.87. The highest BCUT2D eigenvalue weighted by Gasteiger charge is 2.20. The lowest BCUT2D eigenvalue weighted by Crippen LogP contribution is -2.35. The molecule has 3 N–H and O–H groups in total. The van der Waals surface area contributed by atoms with E-state index in [1.807, 2.05) is 49.4 Å². The summed E-state index contributed by atoms with van der Waals surface area (Å²) in [5, 5.41) is 3.32. The van der Waals surface area contributed by atoms with Crippen molar-refractivity contribution >= 4 is 5.91 Å². The van der Waals surface area contributed by atoms with Crippen molar-refractivity contribution in [1.29, 1.82) is 0 Å². The summed E-state index contributed by atoms with van der Waals surface area (Å²) in [6, 6.07) is 17.3. The summed E-state index contributed by atoms with van der Waals surface area (Å²) in [6.07, 6.45) is 0. The van der Waals surface area contributed by atoms with E-state index in [4.69, 9.17) is 5.73 Å². The van der Waals surface area contributed by atoms with Gasteiger partial charge in [-0.05, 0) is 30.5 Å². The Kier molecular flexibility index (Phi) is 4.53. The number of benzene rings is 2. The van der Waals surface area contributed by atoms with Gasteiger partial charge >= 0.3 is 0 Å². The molecule has 0 saturated carbocycles. The summed E-state index contributed by atoms with van der Waals surface area (Å²) in [7, 11) is 0. The quantitative estimate of drug-likeness (QED) is 0.876. The molecule has 0 heterocycles. The first kappa shape index (κ1) is 14.3. The zero-order chi connectivity index (χ0) is 14.5. The van der Waals surface area contributed by atoms with Gasteiger partial charge in [-0.15, -0.1) is 0 Å². The number of hydrogen-bond donors (Lipinski definition) is 2. The molecule has 2 aromatic rings. The number of amides is 1. The van der Waals surface area contributed by atoms with Crippen LogP contribution in [-0.4, -0.2) is 5.91 Å². The maximum absolute atomic E-state index is 11.7. The zero-order valence-corrected chi connectivity index (χ0v) is 11.8. The fraction of sp³-hybridized carbons (Fsp3) is 0.235. The molecule has 0 aliphatic rings. The molecule has 0 radical (unpaired) electrons. The number of nitrogens with two attached hydrogens (primary N) is 1. The van der Waals surface area contributed by atoms with Gasteiger partial charge in [0, 0.05) is 6.04 Å². The third-order valence-electron chi connectivity index (χ3n) is 3.49. The van der Waals surface area contributed by atoms with Crippen LogP contribution in [0.3, 0.4) is 0 Å². The van der Waals surface area contributed by atoms with Crippen LogP contribution in [0.4, 0.5) is 0 Å². The Balaban J connectivity index is 2.21. The van der Waals surface area contributed by atoms with Crippen molar-refractivity contribution in [3.8, 4) is 0 Å². The first-order chi connectivity index (χ1) is 9.59. The van der Waals surface area contributed by atoms with E-state index >= 15 is 0 Å². The van der Waals surface area contributed by atoms with Gasteiger partial charge < -0.3 is 5.73 Å². The average molecular weight is 268 g/mol. The van der Waals surface area contributed by atoms with E-state index in [9.17, 15) is 4.79 Å². The molecule has 0 aromatic heterocycles. The fourth-order valence-corrected chi connectivity index (χ4v) is 2.40. The normalized spacial score (nSPS) is 13.7. The molecule has 20 heavy (non-hydrogen) atoms. The number of rotatable bonds is 5. The van der Waals surface area contributed by atoms with Crippen LogP contribution in [0.1, 0.15) is 35.7 Å². The molecular formula is C17H20N2O. The second-order valence-electron chi connectivity index (χ2n) is 4.99. The lowest BCUT2D eigenvalue weighted by atomic mass is 9.99. The first-order valence-electron chi connectivity index (χ1n) is 6.75. The van der Waals surface area contributed by atoms with Crippen molar-refractivity contribution < 1.29 is 4.79 Å². The monoisotopic (exact) mass is 268 g/mol. The smallest absolute Gasteiger partial charge is 0.239 e. The lowest BCUT2D eigenvalue weighted by molar-refractivity contribution is -0.120. The van der Waals surface area contributed by atoms with Crippen LogP contribution in [0.15, 0.2) is 54.6 Å². The van der Waals surface area contributed by atoms with Gasteiger partial charge in [-0.25, -0.2) is 0 Å². The minimum atomic E-state index is -0.481. The summed E-state index contributed by atoms with van der Waals surface area (Å²) in [4.78, 5) is 11.7. The largest absolute Gasteiger partial charge is 0.368 e. The molecule has 2 rings (SSSR count). The van der Waals surface area contributed by atoms with E-state index in [-0.39, 0.29) is 11.9 Å². The van der Waals surface area contributed by atoms with Crippen molar-refractivity contribution in [1.82, 2.24) is 5.32 Å². The lowest BCUT2D eigenvalue weighted by Gasteiger charge is -2.22. The van der Waals surface area contributed by atoms with E-state index in [1.165, 1.54) is 11.1 Å². The standard InChI is InChI=1S/C17H20N2O/c1-12-8-6-7-11-15(12)13(2)19-16(17(18)20)14-9-4-3-5-10-14/h3-11,13,16,19H,1-2H3,(H2,18,20)/t13-,16+/m0/s1. The number of aryl methyl sites for hydroxylation is 1. The van der Waals surface area contributed by atoms with E-state index in [0.29, 0.717) is 0 Å². The second kappa shape index (κ2) is 6.35. The molecule has 0 spiro atoms. The van der Waals surface area contributed by atoms with Crippen LogP contribution in [0, 0.1) is 6.92 Å². The van der Waals surface area contributed by atoms with Crippen molar-refractivity contribution in [3.63, 3.8) is 0 Å². The molecule has 3 nitrogen and oxygen atoms in total. The van der Waals surface area contributed by atoms with Crippen LogP contribution in [0.2, 0.25) is 0 Å². The summed E-state index contributed by atoms with van der Waals surface area (Å²) in [5.41, 5.74) is 8.79. The maximum Gasteiger partial charge on any atom is 0.239 e. The minimum absolute atomic E-state index is 0.0499. The van der Waals surface area contributed by atoms with Gasteiger partial charge in [0.1, 0.15) is 6.04 Å². The number of hydrogen-bond acceptors (Lipinski definition) is 2. The Morgan fingerprint density at radius 1 is 1.05 bits per heavy atom. The molecule has 1 amide bonds. The number of primary amides is 1. The highest BCUT2D eigenvalue weighted by Crippen LogP contribution is 2.21. The highest BCUT2D eigenvalue weighted by molar-refractivity contribution is 5.81. The molecule has 0 bridgehead atoms. The third kappa shape index (κ3) is 3.25. The maximum atomic E-state index is 11.7. The van der Waals surface area contributed by atoms with Gasteiger partial charge in [0.25, 0.3) is 0 Å². The Labute approximate surface area is 119 Å². The molecular weight excluding hydrogens is 248 g/mol. The van der Waals surface area contributed by atoms with Gasteiger partial charge in [-0.3, -0.25) is 10.1 Å². The molecule has 2 atom stereocenters. The van der Waals surface area contributed by atoms with Gasteiger partial charge in [0.2, 0.25) is 5.91 Å². The third-order valence-corrected chi connectivity index (χ3v) is 3.49. The van der Waals surface area contributed by atoms with Gasteiger partial charge in [0.05, 0.1) is 0 Å². The number of carbonyl (C=O) groups is 1. The Morgan fingerprint density at radius 3 is 2.25 bits per heavy atom. The van der Waals surface area contributed by atoms with Crippen LogP contribution < -0.4 is 11.1 Å². The zero-order valence-electron chi connectivity index (χ0n) is 11.8. The molecule has 3 heteroatoms. The minimum Gasteiger partial charge on any atom is -0.368 e. The highest BCUT2D eigenvalue weighted by atomic mass is 16.1. The van der Waals surface area contributed by atoms with Gasteiger partial charge in [-0.1, -0.05) is 54.6 Å². The van der Waals surface area contributed by atoms with Crippen molar-refractivity contribution in [2.45, 2.75) is 25.9 Å². The van der Waals surface area contributed by atoms with Crippen LogP contribution >= 0.6 is 0 Å². The second-order valence-corrected chi connectivity index (χ2v) is 4.99. The summed E-state index contributed by atoms with van der Waals surface area (Å²) < 4.78 is 0. The van der Waals surface area contributed by atoms with E-state index < -0.39 is 6.04 Å². The Bertz CT molecular complexity index is 581. The Hall–Kier alpha value is -2.13. The molecule has 0 aliphatic carbocycles. The van der Waals surface area contributed by atoms with Crippen LogP contribution in [-0.2, 0) is 4.79 Å². The molecule has 0 unspecified atom stereocenters.